The average Bonchev–Trinajstić information content (AvgIpc) is 2.41. The zero-order valence-electron chi connectivity index (χ0n) is 11.5. The molecule has 20 heavy (non-hydrogen) atoms. The summed E-state index contributed by atoms with van der Waals surface area (Å²) in [6.45, 7) is 2.71. The van der Waals surface area contributed by atoms with Crippen molar-refractivity contribution >= 4 is 17.3 Å². The van der Waals surface area contributed by atoms with E-state index in [0.29, 0.717) is 5.56 Å². The Labute approximate surface area is 118 Å². The third-order valence-electron chi connectivity index (χ3n) is 3.15. The van der Waals surface area contributed by atoms with E-state index in [1.807, 2.05) is 43.3 Å². The maximum Gasteiger partial charge on any atom is 0.250 e. The molecule has 0 aliphatic heterocycles. The Hall–Kier alpha value is -2.49. The molecule has 0 aromatic heterocycles. The molecule has 4 nitrogen and oxygen atoms in total. The zero-order chi connectivity index (χ0) is 14.5. The number of hydrogen-bond donors (Lipinski definition) is 3. The van der Waals surface area contributed by atoms with Crippen LogP contribution in [-0.2, 0) is 6.42 Å². The van der Waals surface area contributed by atoms with E-state index in [-0.39, 0.29) is 0 Å². The van der Waals surface area contributed by atoms with Crippen molar-refractivity contribution in [3.63, 3.8) is 0 Å². The molecule has 0 saturated carbocycles. The van der Waals surface area contributed by atoms with Crippen LogP contribution in [0, 0.1) is 6.92 Å². The smallest absolute Gasteiger partial charge is 0.250 e. The highest BCUT2D eigenvalue weighted by atomic mass is 16.1. The number of benzene rings is 2. The fraction of sp³-hybridized carbons (Fsp3) is 0.188. The van der Waals surface area contributed by atoms with E-state index in [9.17, 15) is 4.79 Å². The van der Waals surface area contributed by atoms with Crippen molar-refractivity contribution < 1.29 is 4.79 Å². The van der Waals surface area contributed by atoms with E-state index in [1.54, 1.807) is 6.07 Å². The Kier molecular flexibility index (Phi) is 4.25. The molecule has 0 aliphatic rings. The molecule has 0 radical (unpaired) electrons. The molecule has 2 aromatic carbocycles. The second-order valence-electron chi connectivity index (χ2n) is 4.83. The summed E-state index contributed by atoms with van der Waals surface area (Å²) in [6.07, 6.45) is 0.854. The molecule has 0 atom stereocenters. The van der Waals surface area contributed by atoms with Gasteiger partial charge in [0.2, 0.25) is 0 Å². The topological polar surface area (TPSA) is 81.1 Å². The van der Waals surface area contributed by atoms with Gasteiger partial charge in [-0.1, -0.05) is 18.2 Å². The van der Waals surface area contributed by atoms with E-state index >= 15 is 0 Å². The number of aryl methyl sites for hydroxylation is 1. The van der Waals surface area contributed by atoms with E-state index in [2.05, 4.69) is 5.32 Å². The van der Waals surface area contributed by atoms with Gasteiger partial charge in [-0.15, -0.1) is 0 Å². The fourth-order valence-corrected chi connectivity index (χ4v) is 2.05. The highest BCUT2D eigenvalue weighted by molar-refractivity contribution is 5.98. The fourth-order valence-electron chi connectivity index (χ4n) is 2.05. The lowest BCUT2D eigenvalue weighted by molar-refractivity contribution is 0.100. The highest BCUT2D eigenvalue weighted by Crippen LogP contribution is 2.17. The number of nitrogen functional groups attached to an aromatic ring is 1. The van der Waals surface area contributed by atoms with Crippen LogP contribution in [0.2, 0.25) is 0 Å². The third kappa shape index (κ3) is 3.51. The summed E-state index contributed by atoms with van der Waals surface area (Å²) in [7, 11) is 0. The molecule has 0 fully saturated rings. The Morgan fingerprint density at radius 3 is 2.50 bits per heavy atom. The highest BCUT2D eigenvalue weighted by Gasteiger charge is 2.07. The number of amides is 1. The van der Waals surface area contributed by atoms with Crippen LogP contribution in [0.3, 0.4) is 0 Å². The number of nitrogens with one attached hydrogen (secondary N) is 1. The largest absolute Gasteiger partial charge is 0.399 e. The Morgan fingerprint density at radius 1 is 1.15 bits per heavy atom. The molecule has 2 rings (SSSR count). The lowest BCUT2D eigenvalue weighted by Gasteiger charge is -2.11. The second kappa shape index (κ2) is 6.10. The number of anilines is 2. The summed E-state index contributed by atoms with van der Waals surface area (Å²) in [5.74, 6) is -0.417. The second-order valence-corrected chi connectivity index (χ2v) is 4.83. The minimum atomic E-state index is -0.417. The Balaban J connectivity index is 2.02. The van der Waals surface area contributed by atoms with Crippen molar-refractivity contribution in [2.45, 2.75) is 13.3 Å². The summed E-state index contributed by atoms with van der Waals surface area (Å²) in [4.78, 5) is 11.4. The van der Waals surface area contributed by atoms with E-state index in [1.165, 1.54) is 5.56 Å². The van der Waals surface area contributed by atoms with Crippen LogP contribution in [0.25, 0.3) is 0 Å². The van der Waals surface area contributed by atoms with Crippen LogP contribution in [0.5, 0.6) is 0 Å². The van der Waals surface area contributed by atoms with Gasteiger partial charge >= 0.3 is 0 Å². The van der Waals surface area contributed by atoms with Gasteiger partial charge in [-0.2, -0.15) is 0 Å². The molecule has 0 saturated heterocycles. The number of nitrogens with two attached hydrogens (primary N) is 2. The van der Waals surface area contributed by atoms with E-state index in [0.717, 1.165) is 29.9 Å². The van der Waals surface area contributed by atoms with E-state index < -0.39 is 5.91 Å². The maximum atomic E-state index is 11.4. The zero-order valence-corrected chi connectivity index (χ0v) is 11.5. The molecule has 0 bridgehead atoms. The molecule has 1 amide bonds. The third-order valence-corrected chi connectivity index (χ3v) is 3.15. The van der Waals surface area contributed by atoms with Gasteiger partial charge in [0.05, 0.1) is 5.56 Å². The van der Waals surface area contributed by atoms with Crippen molar-refractivity contribution in [1.29, 1.82) is 0 Å². The first kappa shape index (κ1) is 13.9. The van der Waals surface area contributed by atoms with Gasteiger partial charge in [0.15, 0.2) is 0 Å². The van der Waals surface area contributed by atoms with Gasteiger partial charge in [0.25, 0.3) is 5.91 Å². The quantitative estimate of drug-likeness (QED) is 0.729. The van der Waals surface area contributed by atoms with Crippen LogP contribution < -0.4 is 16.8 Å². The molecular formula is C16H19N3O. The van der Waals surface area contributed by atoms with Gasteiger partial charge in [-0.3, -0.25) is 4.79 Å². The molecule has 0 aliphatic carbocycles. The van der Waals surface area contributed by atoms with Crippen molar-refractivity contribution in [2.24, 2.45) is 5.73 Å². The molecule has 4 heteroatoms. The van der Waals surface area contributed by atoms with E-state index in [4.69, 9.17) is 11.5 Å². The molecule has 5 N–H and O–H groups in total. The Morgan fingerprint density at radius 2 is 1.85 bits per heavy atom. The van der Waals surface area contributed by atoms with Crippen LogP contribution in [-0.4, -0.2) is 12.5 Å². The van der Waals surface area contributed by atoms with Crippen molar-refractivity contribution in [1.82, 2.24) is 0 Å². The van der Waals surface area contributed by atoms with Crippen molar-refractivity contribution in [2.75, 3.05) is 17.6 Å². The Bertz CT molecular complexity index is 606. The number of hydrogen-bond acceptors (Lipinski definition) is 3. The SMILES string of the molecule is Cc1ccc(C(N)=O)c(NCCc2ccc(N)cc2)c1. The first-order chi connectivity index (χ1) is 9.56. The summed E-state index contributed by atoms with van der Waals surface area (Å²) >= 11 is 0. The molecule has 0 spiro atoms. The minimum Gasteiger partial charge on any atom is -0.399 e. The summed E-state index contributed by atoms with van der Waals surface area (Å²) in [6, 6.07) is 13.3. The molecule has 104 valence electrons. The first-order valence-corrected chi connectivity index (χ1v) is 6.55. The molecular weight excluding hydrogens is 250 g/mol. The van der Waals surface area contributed by atoms with Crippen molar-refractivity contribution in [3.05, 3.63) is 59.2 Å². The first-order valence-electron chi connectivity index (χ1n) is 6.55. The van der Waals surface area contributed by atoms with Gasteiger partial charge in [-0.25, -0.2) is 0 Å². The van der Waals surface area contributed by atoms with Gasteiger partial charge < -0.3 is 16.8 Å². The van der Waals surface area contributed by atoms with Gasteiger partial charge in [0, 0.05) is 17.9 Å². The minimum absolute atomic E-state index is 0.417. The lowest BCUT2D eigenvalue weighted by Crippen LogP contribution is -2.15. The molecule has 2 aromatic rings. The number of rotatable bonds is 5. The normalized spacial score (nSPS) is 10.2. The summed E-state index contributed by atoms with van der Waals surface area (Å²) in [5.41, 5.74) is 15.4. The van der Waals surface area contributed by atoms with Crippen molar-refractivity contribution in [3.8, 4) is 0 Å². The standard InChI is InChI=1S/C16H19N3O/c1-11-2-7-14(16(18)20)15(10-11)19-9-8-12-3-5-13(17)6-4-12/h2-7,10,19H,8-9,17H2,1H3,(H2,18,20). The summed E-state index contributed by atoms with van der Waals surface area (Å²) in [5, 5.41) is 3.27. The molecule has 0 unspecified atom stereocenters. The predicted octanol–water partition coefficient (Wildman–Crippen LogP) is 2.33. The van der Waals surface area contributed by atoms with Gasteiger partial charge in [-0.05, 0) is 48.7 Å². The number of primary amides is 1. The van der Waals surface area contributed by atoms with Crippen LogP contribution in [0.4, 0.5) is 11.4 Å². The maximum absolute atomic E-state index is 11.4. The predicted molar refractivity (Wildman–Crippen MR) is 82.7 cm³/mol. The van der Waals surface area contributed by atoms with Gasteiger partial charge in [0.1, 0.15) is 0 Å². The lowest BCUT2D eigenvalue weighted by atomic mass is 10.1. The average molecular weight is 269 g/mol. The van der Waals surface area contributed by atoms with Crippen LogP contribution >= 0.6 is 0 Å². The van der Waals surface area contributed by atoms with Crippen LogP contribution in [0.1, 0.15) is 21.5 Å². The summed E-state index contributed by atoms with van der Waals surface area (Å²) < 4.78 is 0. The van der Waals surface area contributed by atoms with Crippen LogP contribution in [0.15, 0.2) is 42.5 Å². The number of carbonyl (C=O) groups excluding carboxylic acids is 1. The number of carbonyl (C=O) groups is 1. The monoisotopic (exact) mass is 269 g/mol. The molecule has 0 heterocycles.